The molecule has 20 heavy (non-hydrogen) atoms. The molecule has 106 valence electrons. The first kappa shape index (κ1) is 14.4. The van der Waals surface area contributed by atoms with E-state index in [0.29, 0.717) is 0 Å². The van der Waals surface area contributed by atoms with Crippen LogP contribution in [0.15, 0.2) is 43.0 Å². The van der Waals surface area contributed by atoms with Gasteiger partial charge in [0.1, 0.15) is 0 Å². The normalized spacial score (nSPS) is 10.4. The van der Waals surface area contributed by atoms with E-state index in [1.807, 2.05) is 36.4 Å². The van der Waals surface area contributed by atoms with E-state index in [1.54, 1.807) is 0 Å². The zero-order chi connectivity index (χ0) is 14.2. The first-order chi connectivity index (χ1) is 9.85. The van der Waals surface area contributed by atoms with Crippen molar-refractivity contribution in [1.82, 2.24) is 10.2 Å². The van der Waals surface area contributed by atoms with Gasteiger partial charge in [-0.25, -0.2) is 0 Å². The summed E-state index contributed by atoms with van der Waals surface area (Å²) in [7, 11) is 0. The number of nitrogens with one attached hydrogen (secondary N) is 2. The lowest BCUT2D eigenvalue weighted by molar-refractivity contribution is 0.702. The molecule has 0 fully saturated rings. The van der Waals surface area contributed by atoms with Crippen molar-refractivity contribution in [1.29, 1.82) is 0 Å². The number of hydrogen-bond acceptors (Lipinski definition) is 2. The maximum atomic E-state index is 4.42. The molecule has 0 unspecified atom stereocenters. The lowest BCUT2D eigenvalue weighted by Crippen LogP contribution is -1.96. The number of aromatic amines is 1. The van der Waals surface area contributed by atoms with Crippen molar-refractivity contribution in [2.45, 2.75) is 39.0 Å². The second-order valence-electron chi connectivity index (χ2n) is 4.97. The SMILES string of the molecule is C=CCc1c(Nc2ccccc2)n[nH]c1CCCCC. The predicted octanol–water partition coefficient (Wildman–Crippen LogP) is 4.61. The Morgan fingerprint density at radius 2 is 2.05 bits per heavy atom. The van der Waals surface area contributed by atoms with E-state index in [1.165, 1.54) is 30.5 Å². The minimum atomic E-state index is 0.840. The number of anilines is 2. The molecular weight excluding hydrogens is 246 g/mol. The molecule has 1 aromatic heterocycles. The molecule has 0 radical (unpaired) electrons. The van der Waals surface area contributed by atoms with Gasteiger partial charge < -0.3 is 5.32 Å². The maximum absolute atomic E-state index is 4.42. The van der Waals surface area contributed by atoms with Gasteiger partial charge in [0, 0.05) is 16.9 Å². The number of aryl methyl sites for hydroxylation is 1. The van der Waals surface area contributed by atoms with Gasteiger partial charge in [-0.3, -0.25) is 5.10 Å². The van der Waals surface area contributed by atoms with Crippen LogP contribution in [0.3, 0.4) is 0 Å². The molecule has 0 aliphatic rings. The monoisotopic (exact) mass is 269 g/mol. The van der Waals surface area contributed by atoms with E-state index >= 15 is 0 Å². The molecule has 0 aliphatic heterocycles. The number of para-hydroxylation sites is 1. The minimum absolute atomic E-state index is 0.840. The highest BCUT2D eigenvalue weighted by molar-refractivity contribution is 5.60. The molecule has 3 nitrogen and oxygen atoms in total. The van der Waals surface area contributed by atoms with Gasteiger partial charge in [-0.1, -0.05) is 44.0 Å². The number of aromatic nitrogens is 2. The van der Waals surface area contributed by atoms with Crippen molar-refractivity contribution in [2.24, 2.45) is 0 Å². The Bertz CT molecular complexity index is 528. The van der Waals surface area contributed by atoms with Crippen LogP contribution in [0.4, 0.5) is 11.5 Å². The topological polar surface area (TPSA) is 40.7 Å². The fourth-order valence-electron chi connectivity index (χ4n) is 2.29. The summed E-state index contributed by atoms with van der Waals surface area (Å²) in [6.07, 6.45) is 7.53. The van der Waals surface area contributed by atoms with Gasteiger partial charge in [-0.15, -0.1) is 6.58 Å². The van der Waals surface area contributed by atoms with Crippen molar-refractivity contribution in [2.75, 3.05) is 5.32 Å². The molecule has 2 rings (SSSR count). The zero-order valence-corrected chi connectivity index (χ0v) is 12.2. The number of allylic oxidation sites excluding steroid dienone is 1. The Balaban J connectivity index is 2.13. The first-order valence-electron chi connectivity index (χ1n) is 7.34. The number of unbranched alkanes of at least 4 members (excludes halogenated alkanes) is 2. The molecule has 2 aromatic rings. The Labute approximate surface area is 121 Å². The van der Waals surface area contributed by atoms with Crippen LogP contribution in [0.1, 0.15) is 37.4 Å². The average molecular weight is 269 g/mol. The lowest BCUT2D eigenvalue weighted by atomic mass is 10.1. The molecule has 0 saturated carbocycles. The summed E-state index contributed by atoms with van der Waals surface area (Å²) < 4.78 is 0. The standard InChI is InChI=1S/C17H23N3/c1-3-5-7-13-16-15(10-4-2)17(20-19-16)18-14-11-8-6-9-12-14/h4,6,8-9,11-12H,2-3,5,7,10,13H2,1H3,(H2,18,19,20). The van der Waals surface area contributed by atoms with Crippen LogP contribution in [0.2, 0.25) is 0 Å². The van der Waals surface area contributed by atoms with Crippen molar-refractivity contribution in [3.8, 4) is 0 Å². The van der Waals surface area contributed by atoms with E-state index in [-0.39, 0.29) is 0 Å². The third-order valence-corrected chi connectivity index (χ3v) is 3.37. The van der Waals surface area contributed by atoms with Gasteiger partial charge in [0.05, 0.1) is 0 Å². The Hall–Kier alpha value is -2.03. The van der Waals surface area contributed by atoms with Gasteiger partial charge >= 0.3 is 0 Å². The Morgan fingerprint density at radius 1 is 1.25 bits per heavy atom. The van der Waals surface area contributed by atoms with Gasteiger partial charge in [-0.2, -0.15) is 5.10 Å². The Kier molecular flexibility index (Phi) is 5.42. The summed E-state index contributed by atoms with van der Waals surface area (Å²) in [4.78, 5) is 0. The maximum Gasteiger partial charge on any atom is 0.155 e. The summed E-state index contributed by atoms with van der Waals surface area (Å²) in [6, 6.07) is 10.1. The molecule has 0 spiro atoms. The smallest absolute Gasteiger partial charge is 0.155 e. The fraction of sp³-hybridized carbons (Fsp3) is 0.353. The second-order valence-corrected chi connectivity index (χ2v) is 4.97. The van der Waals surface area contributed by atoms with Gasteiger partial charge in [0.25, 0.3) is 0 Å². The first-order valence-corrected chi connectivity index (χ1v) is 7.34. The number of benzene rings is 1. The predicted molar refractivity (Wildman–Crippen MR) is 85.4 cm³/mol. The second kappa shape index (κ2) is 7.53. The van der Waals surface area contributed by atoms with Gasteiger partial charge in [0.2, 0.25) is 0 Å². The third kappa shape index (κ3) is 3.73. The Morgan fingerprint density at radius 3 is 2.75 bits per heavy atom. The summed E-state index contributed by atoms with van der Waals surface area (Å²) in [5.41, 5.74) is 3.53. The van der Waals surface area contributed by atoms with Crippen LogP contribution in [0, 0.1) is 0 Å². The molecule has 0 aliphatic carbocycles. The molecule has 0 amide bonds. The lowest BCUT2D eigenvalue weighted by Gasteiger charge is -2.06. The summed E-state index contributed by atoms with van der Waals surface area (Å²) in [5.74, 6) is 0.919. The molecular formula is C17H23N3. The van der Waals surface area contributed by atoms with Crippen molar-refractivity contribution < 1.29 is 0 Å². The molecule has 0 bridgehead atoms. The summed E-state index contributed by atoms with van der Waals surface area (Å²) in [5, 5.41) is 11.0. The number of H-pyrrole nitrogens is 1. The van der Waals surface area contributed by atoms with Crippen molar-refractivity contribution in [3.05, 3.63) is 54.2 Å². The molecule has 1 heterocycles. The van der Waals surface area contributed by atoms with E-state index in [4.69, 9.17) is 0 Å². The van der Waals surface area contributed by atoms with E-state index < -0.39 is 0 Å². The molecule has 1 aromatic carbocycles. The molecule has 0 atom stereocenters. The van der Waals surface area contributed by atoms with E-state index in [2.05, 4.69) is 29.0 Å². The van der Waals surface area contributed by atoms with E-state index in [0.717, 1.165) is 24.3 Å². The number of hydrogen-bond donors (Lipinski definition) is 2. The quantitative estimate of drug-likeness (QED) is 0.542. The minimum Gasteiger partial charge on any atom is -0.339 e. The largest absolute Gasteiger partial charge is 0.339 e. The molecule has 2 N–H and O–H groups in total. The van der Waals surface area contributed by atoms with Crippen LogP contribution in [0.25, 0.3) is 0 Å². The van der Waals surface area contributed by atoms with Crippen LogP contribution in [0.5, 0.6) is 0 Å². The summed E-state index contributed by atoms with van der Waals surface area (Å²) in [6.45, 7) is 6.07. The van der Waals surface area contributed by atoms with Gasteiger partial charge in [0.15, 0.2) is 5.82 Å². The van der Waals surface area contributed by atoms with Crippen LogP contribution in [-0.4, -0.2) is 10.2 Å². The van der Waals surface area contributed by atoms with Crippen molar-refractivity contribution >= 4 is 11.5 Å². The van der Waals surface area contributed by atoms with Crippen LogP contribution >= 0.6 is 0 Å². The van der Waals surface area contributed by atoms with Crippen molar-refractivity contribution in [3.63, 3.8) is 0 Å². The number of rotatable bonds is 8. The number of nitrogens with zero attached hydrogens (tertiary/aromatic N) is 1. The molecule has 0 saturated heterocycles. The highest BCUT2D eigenvalue weighted by Gasteiger charge is 2.11. The summed E-state index contributed by atoms with van der Waals surface area (Å²) >= 11 is 0. The third-order valence-electron chi connectivity index (χ3n) is 3.37. The van der Waals surface area contributed by atoms with Crippen LogP contribution in [-0.2, 0) is 12.8 Å². The van der Waals surface area contributed by atoms with E-state index in [9.17, 15) is 0 Å². The van der Waals surface area contributed by atoms with Gasteiger partial charge in [-0.05, 0) is 31.4 Å². The molecule has 3 heteroatoms. The highest BCUT2D eigenvalue weighted by atomic mass is 15.2. The average Bonchev–Trinajstić information content (AvgIpc) is 2.84. The zero-order valence-electron chi connectivity index (χ0n) is 12.2. The fourth-order valence-corrected chi connectivity index (χ4v) is 2.29. The highest BCUT2D eigenvalue weighted by Crippen LogP contribution is 2.23. The van der Waals surface area contributed by atoms with Crippen LogP contribution < -0.4 is 5.32 Å².